The smallest absolute Gasteiger partial charge is 0.325 e. The molecule has 1 aliphatic rings. The number of hydrogen-bond acceptors (Lipinski definition) is 2. The molecule has 0 heterocycles. The van der Waals surface area contributed by atoms with Gasteiger partial charge in [-0.25, -0.2) is 4.39 Å². The van der Waals surface area contributed by atoms with Crippen molar-refractivity contribution in [3.05, 3.63) is 59.9 Å². The van der Waals surface area contributed by atoms with Crippen LogP contribution in [0.3, 0.4) is 0 Å². The maximum absolute atomic E-state index is 13.2. The van der Waals surface area contributed by atoms with E-state index in [0.29, 0.717) is 12.8 Å². The lowest BCUT2D eigenvalue weighted by molar-refractivity contribution is -0.137. The van der Waals surface area contributed by atoms with Crippen LogP contribution in [0.5, 0.6) is 0 Å². The Morgan fingerprint density at radius 1 is 0.885 bits per heavy atom. The number of hydrogen-bond donors (Lipinski definition) is 2. The third kappa shape index (κ3) is 3.68. The van der Waals surface area contributed by atoms with Crippen LogP contribution in [0.25, 0.3) is 0 Å². The first-order valence-electron chi connectivity index (χ1n) is 7.76. The maximum Gasteiger partial charge on any atom is 0.416 e. The molecule has 0 saturated heterocycles. The molecular formula is C18H14F4N2O2. The Morgan fingerprint density at radius 2 is 1.46 bits per heavy atom. The summed E-state index contributed by atoms with van der Waals surface area (Å²) in [4.78, 5) is 24.8. The Bertz CT molecular complexity index is 843. The average molecular weight is 366 g/mol. The Kier molecular flexibility index (Phi) is 4.43. The number of benzene rings is 2. The van der Waals surface area contributed by atoms with Crippen LogP contribution in [0.4, 0.5) is 28.9 Å². The van der Waals surface area contributed by atoms with E-state index < -0.39 is 34.8 Å². The molecule has 0 radical (unpaired) electrons. The van der Waals surface area contributed by atoms with E-state index in [2.05, 4.69) is 10.6 Å². The summed E-state index contributed by atoms with van der Waals surface area (Å²) in [6, 6.07) is 9.21. The monoisotopic (exact) mass is 366 g/mol. The zero-order valence-electron chi connectivity index (χ0n) is 13.4. The number of amides is 2. The Morgan fingerprint density at radius 3 is 1.96 bits per heavy atom. The summed E-state index contributed by atoms with van der Waals surface area (Å²) >= 11 is 0. The molecule has 0 unspecified atom stereocenters. The predicted octanol–water partition coefficient (Wildman–Crippen LogP) is 4.20. The van der Waals surface area contributed by atoms with Crippen molar-refractivity contribution in [2.45, 2.75) is 19.0 Å². The number of nitrogens with one attached hydrogen (secondary N) is 2. The zero-order valence-corrected chi connectivity index (χ0v) is 13.4. The first-order valence-corrected chi connectivity index (χ1v) is 7.76. The quantitative estimate of drug-likeness (QED) is 0.629. The van der Waals surface area contributed by atoms with Crippen LogP contribution in [0.2, 0.25) is 0 Å². The zero-order chi connectivity index (χ0) is 18.9. The SMILES string of the molecule is O=C(Nc1ccc(C(F)(F)F)cc1)C1(C(=O)Nc2cccc(F)c2)CC1. The van der Waals surface area contributed by atoms with Crippen LogP contribution in [-0.4, -0.2) is 11.8 Å². The molecule has 1 fully saturated rings. The molecule has 1 saturated carbocycles. The van der Waals surface area contributed by atoms with Gasteiger partial charge >= 0.3 is 6.18 Å². The summed E-state index contributed by atoms with van der Waals surface area (Å²) in [6.07, 6.45) is -3.85. The van der Waals surface area contributed by atoms with Crippen molar-refractivity contribution in [1.82, 2.24) is 0 Å². The lowest BCUT2D eigenvalue weighted by Gasteiger charge is -2.16. The Balaban J connectivity index is 1.68. The summed E-state index contributed by atoms with van der Waals surface area (Å²) in [5, 5.41) is 4.95. The second-order valence-corrected chi connectivity index (χ2v) is 6.08. The van der Waals surface area contributed by atoms with Gasteiger partial charge in [-0.05, 0) is 55.3 Å². The van der Waals surface area contributed by atoms with Gasteiger partial charge in [0, 0.05) is 11.4 Å². The minimum absolute atomic E-state index is 0.160. The first kappa shape index (κ1) is 17.9. The molecule has 2 amide bonds. The molecule has 2 aromatic rings. The molecule has 3 rings (SSSR count). The highest BCUT2D eigenvalue weighted by molar-refractivity contribution is 6.16. The van der Waals surface area contributed by atoms with E-state index >= 15 is 0 Å². The highest BCUT2D eigenvalue weighted by atomic mass is 19.4. The van der Waals surface area contributed by atoms with Gasteiger partial charge in [-0.1, -0.05) is 6.07 Å². The number of anilines is 2. The molecule has 0 bridgehead atoms. The number of carbonyl (C=O) groups excluding carboxylic acids is 2. The van der Waals surface area contributed by atoms with Gasteiger partial charge in [-0.2, -0.15) is 13.2 Å². The highest BCUT2D eigenvalue weighted by Crippen LogP contribution is 2.47. The summed E-state index contributed by atoms with van der Waals surface area (Å²) in [5.74, 6) is -1.71. The Hall–Kier alpha value is -2.90. The van der Waals surface area contributed by atoms with Crippen LogP contribution >= 0.6 is 0 Å². The van der Waals surface area contributed by atoms with Crippen molar-refractivity contribution in [2.24, 2.45) is 5.41 Å². The third-order valence-corrected chi connectivity index (χ3v) is 4.17. The number of alkyl halides is 3. The van der Waals surface area contributed by atoms with Crippen molar-refractivity contribution in [3.63, 3.8) is 0 Å². The summed E-state index contributed by atoms with van der Waals surface area (Å²) < 4.78 is 50.8. The highest BCUT2D eigenvalue weighted by Gasteiger charge is 2.56. The average Bonchev–Trinajstić information content (AvgIpc) is 3.36. The maximum atomic E-state index is 13.2. The van der Waals surface area contributed by atoms with Crippen molar-refractivity contribution in [2.75, 3.05) is 10.6 Å². The Labute approximate surface area is 146 Å². The van der Waals surface area contributed by atoms with Gasteiger partial charge in [-0.15, -0.1) is 0 Å². The van der Waals surface area contributed by atoms with Crippen LogP contribution in [0.1, 0.15) is 18.4 Å². The molecule has 2 aromatic carbocycles. The molecule has 26 heavy (non-hydrogen) atoms. The molecule has 136 valence electrons. The van der Waals surface area contributed by atoms with Crippen molar-refractivity contribution < 1.29 is 27.2 Å². The third-order valence-electron chi connectivity index (χ3n) is 4.17. The normalized spacial score (nSPS) is 15.2. The van der Waals surface area contributed by atoms with E-state index in [4.69, 9.17) is 0 Å². The summed E-state index contributed by atoms with van der Waals surface area (Å²) in [6.45, 7) is 0. The second kappa shape index (κ2) is 6.44. The van der Waals surface area contributed by atoms with Crippen molar-refractivity contribution >= 4 is 23.2 Å². The molecular weight excluding hydrogens is 352 g/mol. The van der Waals surface area contributed by atoms with Gasteiger partial charge < -0.3 is 10.6 Å². The number of carbonyl (C=O) groups is 2. The predicted molar refractivity (Wildman–Crippen MR) is 86.8 cm³/mol. The molecule has 0 spiro atoms. The van der Waals surface area contributed by atoms with Gasteiger partial charge in [-0.3, -0.25) is 9.59 Å². The van der Waals surface area contributed by atoms with E-state index in [1.807, 2.05) is 0 Å². The van der Waals surface area contributed by atoms with E-state index in [1.54, 1.807) is 0 Å². The fourth-order valence-corrected chi connectivity index (χ4v) is 2.49. The van der Waals surface area contributed by atoms with Crippen LogP contribution in [-0.2, 0) is 15.8 Å². The van der Waals surface area contributed by atoms with E-state index in [1.165, 1.54) is 18.2 Å². The largest absolute Gasteiger partial charge is 0.416 e. The lowest BCUT2D eigenvalue weighted by Crippen LogP contribution is -2.35. The van der Waals surface area contributed by atoms with Gasteiger partial charge in [0.2, 0.25) is 11.8 Å². The van der Waals surface area contributed by atoms with Gasteiger partial charge in [0.05, 0.1) is 5.56 Å². The summed E-state index contributed by atoms with van der Waals surface area (Å²) in [7, 11) is 0. The molecule has 2 N–H and O–H groups in total. The number of halogens is 4. The topological polar surface area (TPSA) is 58.2 Å². The fraction of sp³-hybridized carbons (Fsp3) is 0.222. The molecule has 0 atom stereocenters. The molecule has 0 aromatic heterocycles. The first-order chi connectivity index (χ1) is 12.2. The molecule has 1 aliphatic carbocycles. The van der Waals surface area contributed by atoms with Crippen LogP contribution in [0, 0.1) is 11.2 Å². The van der Waals surface area contributed by atoms with Gasteiger partial charge in [0.15, 0.2) is 0 Å². The van der Waals surface area contributed by atoms with E-state index in [0.717, 1.165) is 30.3 Å². The van der Waals surface area contributed by atoms with Crippen LogP contribution < -0.4 is 10.6 Å². The fourth-order valence-electron chi connectivity index (χ4n) is 2.49. The van der Waals surface area contributed by atoms with Gasteiger partial charge in [0.1, 0.15) is 11.2 Å². The van der Waals surface area contributed by atoms with Crippen molar-refractivity contribution in [1.29, 1.82) is 0 Å². The minimum atomic E-state index is -4.47. The second-order valence-electron chi connectivity index (χ2n) is 6.08. The van der Waals surface area contributed by atoms with E-state index in [-0.39, 0.29) is 11.4 Å². The van der Waals surface area contributed by atoms with Crippen LogP contribution in [0.15, 0.2) is 48.5 Å². The van der Waals surface area contributed by atoms with Crippen molar-refractivity contribution in [3.8, 4) is 0 Å². The molecule has 8 heteroatoms. The van der Waals surface area contributed by atoms with E-state index in [9.17, 15) is 27.2 Å². The minimum Gasteiger partial charge on any atom is -0.325 e. The molecule has 0 aliphatic heterocycles. The number of rotatable bonds is 4. The van der Waals surface area contributed by atoms with Gasteiger partial charge in [0.25, 0.3) is 0 Å². The lowest BCUT2D eigenvalue weighted by atomic mass is 10.0. The molecule has 4 nitrogen and oxygen atoms in total. The summed E-state index contributed by atoms with van der Waals surface area (Å²) in [5.41, 5.74) is -1.74. The standard InChI is InChI=1S/C18H14F4N2O2/c19-12-2-1-3-14(10-12)24-16(26)17(8-9-17)15(25)23-13-6-4-11(5-7-13)18(20,21)22/h1-7,10H,8-9H2,(H,23,25)(H,24,26).